The first-order valence-electron chi connectivity index (χ1n) is 10.6. The maximum absolute atomic E-state index is 14.2. The molecule has 3 aromatic rings. The lowest BCUT2D eigenvalue weighted by molar-refractivity contribution is -0.234. The Labute approximate surface area is 204 Å². The normalized spacial score (nSPS) is 14.0. The van der Waals surface area contributed by atoms with E-state index in [0.29, 0.717) is 11.6 Å². The second-order valence-electron chi connectivity index (χ2n) is 8.61. The fraction of sp³-hybridized carbons (Fsp3) is 0.320. The average molecular weight is 508 g/mol. The van der Waals surface area contributed by atoms with Crippen LogP contribution in [0.25, 0.3) is 10.9 Å². The van der Waals surface area contributed by atoms with E-state index in [9.17, 15) is 27.5 Å². The highest BCUT2D eigenvalue weighted by atomic mass is 19.4. The van der Waals surface area contributed by atoms with Gasteiger partial charge in [-0.1, -0.05) is 32.0 Å². The van der Waals surface area contributed by atoms with Gasteiger partial charge in [0.2, 0.25) is 5.88 Å². The van der Waals surface area contributed by atoms with Gasteiger partial charge in [0.1, 0.15) is 0 Å². The first-order valence-corrected chi connectivity index (χ1v) is 10.6. The molecule has 0 radical (unpaired) electrons. The summed E-state index contributed by atoms with van der Waals surface area (Å²) in [5.41, 5.74) is -4.20. The van der Waals surface area contributed by atoms with Crippen LogP contribution in [0.4, 0.5) is 28.0 Å². The molecule has 0 saturated heterocycles. The number of carbonyl (C=O) groups is 1. The fourth-order valence-electron chi connectivity index (χ4n) is 3.83. The number of fused-ring (bicyclic) bond motifs is 1. The van der Waals surface area contributed by atoms with Gasteiger partial charge in [-0.2, -0.15) is 13.2 Å². The van der Waals surface area contributed by atoms with Crippen molar-refractivity contribution in [1.29, 1.82) is 0 Å². The maximum Gasteiger partial charge on any atom is 0.514 e. The van der Waals surface area contributed by atoms with Crippen LogP contribution >= 0.6 is 0 Å². The van der Waals surface area contributed by atoms with Crippen LogP contribution < -0.4 is 9.47 Å². The lowest BCUT2D eigenvalue weighted by atomic mass is 9.74. The highest BCUT2D eigenvalue weighted by Crippen LogP contribution is 2.43. The van der Waals surface area contributed by atoms with Gasteiger partial charge in [-0.15, -0.1) is 0 Å². The van der Waals surface area contributed by atoms with Crippen molar-refractivity contribution in [3.63, 3.8) is 0 Å². The molecule has 0 amide bonds. The number of benzene rings is 2. The van der Waals surface area contributed by atoms with Crippen molar-refractivity contribution in [3.8, 4) is 11.6 Å². The number of aliphatic imine (C=N–C) groups is 1. The average Bonchev–Trinajstić information content (AvgIpc) is 2.81. The topological polar surface area (TPSA) is 90.2 Å². The lowest BCUT2D eigenvalue weighted by Crippen LogP contribution is -2.50. The molecule has 0 spiro atoms. The number of halogens is 4. The summed E-state index contributed by atoms with van der Waals surface area (Å²) in [5, 5.41) is 11.1. The molecule has 3 rings (SSSR count). The van der Waals surface area contributed by atoms with Crippen LogP contribution in [-0.2, 0) is 10.2 Å². The van der Waals surface area contributed by atoms with Crippen LogP contribution in [0.2, 0.25) is 0 Å². The van der Waals surface area contributed by atoms with E-state index in [-0.39, 0.29) is 28.4 Å². The van der Waals surface area contributed by atoms with E-state index >= 15 is 0 Å². The van der Waals surface area contributed by atoms with Gasteiger partial charge in [-0.25, -0.2) is 14.2 Å². The van der Waals surface area contributed by atoms with Gasteiger partial charge in [-0.3, -0.25) is 4.99 Å². The second kappa shape index (κ2) is 10.1. The van der Waals surface area contributed by atoms with E-state index in [4.69, 9.17) is 9.47 Å². The number of pyridine rings is 1. The number of para-hydroxylation sites is 1. The van der Waals surface area contributed by atoms with Gasteiger partial charge in [0.05, 0.1) is 25.4 Å². The first-order chi connectivity index (χ1) is 16.8. The number of aromatic nitrogens is 1. The van der Waals surface area contributed by atoms with Gasteiger partial charge in [0.15, 0.2) is 17.2 Å². The minimum atomic E-state index is -5.10. The SMILES string of the molecule is COC(=O)Oc1ccc2c(N=CC(O)(CC(C)(C)c3cccc(F)c3OC)C(F)(F)F)cccc2n1. The molecule has 192 valence electrons. The summed E-state index contributed by atoms with van der Waals surface area (Å²) < 4.78 is 70.9. The molecule has 2 aromatic carbocycles. The van der Waals surface area contributed by atoms with Crippen molar-refractivity contribution in [2.45, 2.75) is 37.5 Å². The molecule has 0 aliphatic heterocycles. The van der Waals surface area contributed by atoms with Gasteiger partial charge in [0, 0.05) is 23.2 Å². The van der Waals surface area contributed by atoms with E-state index in [1.807, 2.05) is 0 Å². The number of aliphatic hydroxyl groups is 1. The molecule has 0 bridgehead atoms. The molecule has 11 heteroatoms. The summed E-state index contributed by atoms with van der Waals surface area (Å²) >= 11 is 0. The summed E-state index contributed by atoms with van der Waals surface area (Å²) in [6.07, 6.45) is -6.52. The number of hydrogen-bond acceptors (Lipinski definition) is 7. The largest absolute Gasteiger partial charge is 0.514 e. The van der Waals surface area contributed by atoms with Crippen molar-refractivity contribution in [2.75, 3.05) is 14.2 Å². The third kappa shape index (κ3) is 5.56. The Kier molecular flexibility index (Phi) is 7.54. The van der Waals surface area contributed by atoms with Gasteiger partial charge in [-0.05, 0) is 36.1 Å². The van der Waals surface area contributed by atoms with E-state index < -0.39 is 35.6 Å². The Morgan fingerprint density at radius 2 is 1.78 bits per heavy atom. The van der Waals surface area contributed by atoms with Gasteiger partial charge < -0.3 is 19.3 Å². The summed E-state index contributed by atoms with van der Waals surface area (Å²) in [5.74, 6) is -1.01. The minimum Gasteiger partial charge on any atom is -0.493 e. The molecule has 1 N–H and O–H groups in total. The number of rotatable bonds is 7. The van der Waals surface area contributed by atoms with Crippen LogP contribution in [0.1, 0.15) is 25.8 Å². The quantitative estimate of drug-likeness (QED) is 0.243. The fourth-order valence-corrected chi connectivity index (χ4v) is 3.83. The number of hydrogen-bond donors (Lipinski definition) is 1. The zero-order chi connectivity index (χ0) is 26.7. The summed E-state index contributed by atoms with van der Waals surface area (Å²) in [6, 6.07) is 11.2. The Balaban J connectivity index is 2.00. The highest BCUT2D eigenvalue weighted by molar-refractivity contribution is 5.92. The van der Waals surface area contributed by atoms with Crippen LogP contribution in [-0.4, -0.2) is 48.5 Å². The second-order valence-corrected chi connectivity index (χ2v) is 8.61. The van der Waals surface area contributed by atoms with Crippen molar-refractivity contribution in [3.05, 3.63) is 59.9 Å². The van der Waals surface area contributed by atoms with E-state index in [0.717, 1.165) is 13.2 Å². The molecule has 0 aliphatic rings. The van der Waals surface area contributed by atoms with Crippen LogP contribution in [0.5, 0.6) is 11.6 Å². The number of alkyl halides is 3. The van der Waals surface area contributed by atoms with Gasteiger partial charge >= 0.3 is 12.3 Å². The Morgan fingerprint density at radius 3 is 2.42 bits per heavy atom. The minimum absolute atomic E-state index is 0.0759. The van der Waals surface area contributed by atoms with E-state index in [1.54, 1.807) is 6.07 Å². The predicted octanol–water partition coefficient (Wildman–Crippen LogP) is 5.89. The van der Waals surface area contributed by atoms with Crippen LogP contribution in [0.3, 0.4) is 0 Å². The van der Waals surface area contributed by atoms with E-state index in [1.165, 1.54) is 57.4 Å². The first kappa shape index (κ1) is 26.9. The molecule has 1 aromatic heterocycles. The highest BCUT2D eigenvalue weighted by Gasteiger charge is 2.55. The number of carbonyl (C=O) groups excluding carboxylic acids is 1. The molecule has 1 atom stereocenters. The summed E-state index contributed by atoms with van der Waals surface area (Å²) in [4.78, 5) is 19.4. The summed E-state index contributed by atoms with van der Waals surface area (Å²) in [6.45, 7) is 2.89. The van der Waals surface area contributed by atoms with Crippen LogP contribution in [0, 0.1) is 5.82 Å². The van der Waals surface area contributed by atoms with Crippen molar-refractivity contribution in [2.24, 2.45) is 4.99 Å². The smallest absolute Gasteiger partial charge is 0.493 e. The van der Waals surface area contributed by atoms with Gasteiger partial charge in [0.25, 0.3) is 0 Å². The van der Waals surface area contributed by atoms with Crippen molar-refractivity contribution < 1.29 is 41.7 Å². The maximum atomic E-state index is 14.2. The third-order valence-electron chi connectivity index (χ3n) is 5.56. The molecule has 0 saturated carbocycles. The third-order valence-corrected chi connectivity index (χ3v) is 5.56. The Hall–Kier alpha value is -3.73. The predicted molar refractivity (Wildman–Crippen MR) is 125 cm³/mol. The van der Waals surface area contributed by atoms with Crippen LogP contribution in [0.15, 0.2) is 53.5 Å². The molecular weight excluding hydrogens is 484 g/mol. The molecule has 0 aliphatic carbocycles. The molecular formula is C25H24F4N2O5. The van der Waals surface area contributed by atoms with Crippen molar-refractivity contribution >= 4 is 29.0 Å². The summed E-state index contributed by atoms with van der Waals surface area (Å²) in [7, 11) is 2.34. The monoisotopic (exact) mass is 508 g/mol. The standard InChI is InChI=1S/C25H24F4N2O5/c1-23(2,16-7-5-8-17(26)21(16)34-3)13-24(33,25(27,28)29)14-30-18-9-6-10-19-15(18)11-12-20(31-19)36-22(32)35-4/h5-12,14,33H,13H2,1-4H3. The molecule has 1 unspecified atom stereocenters. The number of ether oxygens (including phenoxy) is 3. The molecule has 36 heavy (non-hydrogen) atoms. The number of methoxy groups -OCH3 is 2. The lowest BCUT2D eigenvalue weighted by Gasteiger charge is -2.36. The van der Waals surface area contributed by atoms with E-state index in [2.05, 4.69) is 14.7 Å². The number of nitrogens with zero attached hydrogens (tertiary/aromatic N) is 2. The Morgan fingerprint density at radius 1 is 1.08 bits per heavy atom. The molecule has 7 nitrogen and oxygen atoms in total. The Bertz CT molecular complexity index is 1290. The molecule has 1 heterocycles. The zero-order valence-electron chi connectivity index (χ0n) is 19.9. The molecule has 0 fully saturated rings. The zero-order valence-corrected chi connectivity index (χ0v) is 19.9. The van der Waals surface area contributed by atoms with Crippen molar-refractivity contribution in [1.82, 2.24) is 4.98 Å².